The van der Waals surface area contributed by atoms with E-state index in [-0.39, 0.29) is 0 Å². The second-order valence-corrected chi connectivity index (χ2v) is 7.92. The van der Waals surface area contributed by atoms with Crippen molar-refractivity contribution in [3.8, 4) is 0 Å². The fraction of sp³-hybridized carbons (Fsp3) is 0.500. The molecule has 29 heavy (non-hydrogen) atoms. The van der Waals surface area contributed by atoms with E-state index in [2.05, 4.69) is 32.7 Å². The molecule has 2 aliphatic rings. The Bertz CT molecular complexity index is 717. The third kappa shape index (κ3) is 10.4. The smallest absolute Gasteiger partial charge is 0.310 e. The molecule has 0 saturated carbocycles. The van der Waals surface area contributed by atoms with Crippen LogP contribution in [-0.2, 0) is 10.4 Å². The highest BCUT2D eigenvalue weighted by Crippen LogP contribution is 2.22. The summed E-state index contributed by atoms with van der Waals surface area (Å²) in [5.41, 5.74) is 2.66. The van der Waals surface area contributed by atoms with Crippen LogP contribution in [0, 0.1) is 0 Å². The van der Waals surface area contributed by atoms with E-state index < -0.39 is 10.4 Å². The van der Waals surface area contributed by atoms with Crippen molar-refractivity contribution in [1.29, 1.82) is 0 Å². The van der Waals surface area contributed by atoms with Crippen molar-refractivity contribution in [3.05, 3.63) is 60.2 Å². The number of nitrogens with one attached hydrogen (secondary N) is 2. The maximum Gasteiger partial charge on any atom is 0.394 e. The monoisotopic (exact) mass is 422 g/mol. The van der Waals surface area contributed by atoms with E-state index in [0.29, 0.717) is 12.1 Å². The SMILES string of the molecule is O=S(=O)(O)O.c1cncc(C2CCCCN2)c1.c1cncc(C2CCCCN2)c1. The molecule has 2 aromatic heterocycles. The zero-order valence-corrected chi connectivity index (χ0v) is 17.3. The number of nitrogens with zero attached hydrogens (tertiary/aromatic N) is 2. The Labute approximate surface area is 172 Å². The first-order chi connectivity index (χ1) is 13.9. The van der Waals surface area contributed by atoms with E-state index in [4.69, 9.17) is 17.5 Å². The molecule has 0 aliphatic carbocycles. The van der Waals surface area contributed by atoms with Crippen LogP contribution in [0.15, 0.2) is 49.1 Å². The van der Waals surface area contributed by atoms with Crippen LogP contribution < -0.4 is 10.6 Å². The molecule has 2 unspecified atom stereocenters. The van der Waals surface area contributed by atoms with Gasteiger partial charge in [-0.05, 0) is 62.0 Å². The fourth-order valence-electron chi connectivity index (χ4n) is 3.44. The van der Waals surface area contributed by atoms with Crippen LogP contribution in [0.5, 0.6) is 0 Å². The van der Waals surface area contributed by atoms with Crippen molar-refractivity contribution in [1.82, 2.24) is 20.6 Å². The molecule has 0 bridgehead atoms. The molecule has 2 saturated heterocycles. The van der Waals surface area contributed by atoms with Crippen LogP contribution in [0.2, 0.25) is 0 Å². The normalized spacial score (nSPS) is 21.7. The largest absolute Gasteiger partial charge is 0.394 e. The third-order valence-electron chi connectivity index (χ3n) is 4.79. The van der Waals surface area contributed by atoms with Crippen molar-refractivity contribution >= 4 is 10.4 Å². The van der Waals surface area contributed by atoms with Crippen LogP contribution in [0.3, 0.4) is 0 Å². The summed E-state index contributed by atoms with van der Waals surface area (Å²) in [6.45, 7) is 2.30. The Morgan fingerprint density at radius 3 is 1.48 bits per heavy atom. The van der Waals surface area contributed by atoms with Crippen LogP contribution in [-0.4, -0.2) is 40.6 Å². The van der Waals surface area contributed by atoms with Gasteiger partial charge in [0.25, 0.3) is 0 Å². The fourth-order valence-corrected chi connectivity index (χ4v) is 3.44. The maximum absolute atomic E-state index is 8.74. The van der Waals surface area contributed by atoms with E-state index in [1.807, 2.05) is 36.9 Å². The summed E-state index contributed by atoms with van der Waals surface area (Å²) in [7, 11) is -4.67. The highest BCUT2D eigenvalue weighted by molar-refractivity contribution is 7.79. The minimum Gasteiger partial charge on any atom is -0.310 e. The van der Waals surface area contributed by atoms with Gasteiger partial charge in [0.05, 0.1) is 0 Å². The second kappa shape index (κ2) is 12.6. The molecule has 2 aromatic rings. The van der Waals surface area contributed by atoms with Gasteiger partial charge < -0.3 is 10.6 Å². The molecule has 160 valence electrons. The number of hydrogen-bond acceptors (Lipinski definition) is 6. The van der Waals surface area contributed by atoms with Crippen molar-refractivity contribution in [3.63, 3.8) is 0 Å². The summed E-state index contributed by atoms with van der Waals surface area (Å²) in [5, 5.41) is 6.99. The van der Waals surface area contributed by atoms with Gasteiger partial charge in [-0.2, -0.15) is 8.42 Å². The van der Waals surface area contributed by atoms with Gasteiger partial charge in [0, 0.05) is 36.9 Å². The standard InChI is InChI=1S/2C10H14N2.H2O4S/c2*1-2-7-12-10(5-1)9-4-3-6-11-8-9;1-5(2,3)4/h2*3-4,6,8,10,12H,1-2,5,7H2;(H2,1,2,3,4). The molecule has 9 heteroatoms. The van der Waals surface area contributed by atoms with Gasteiger partial charge in [0.1, 0.15) is 0 Å². The van der Waals surface area contributed by atoms with Crippen LogP contribution in [0.25, 0.3) is 0 Å². The third-order valence-corrected chi connectivity index (χ3v) is 4.79. The van der Waals surface area contributed by atoms with E-state index in [0.717, 1.165) is 13.1 Å². The molecule has 2 atom stereocenters. The Morgan fingerprint density at radius 1 is 0.793 bits per heavy atom. The summed E-state index contributed by atoms with van der Waals surface area (Å²) >= 11 is 0. The average Bonchev–Trinajstić information content (AvgIpc) is 2.76. The predicted octanol–water partition coefficient (Wildman–Crippen LogP) is 3.14. The summed E-state index contributed by atoms with van der Waals surface area (Å²) in [5.74, 6) is 0. The number of aromatic nitrogens is 2. The van der Waals surface area contributed by atoms with Crippen LogP contribution in [0.1, 0.15) is 61.7 Å². The van der Waals surface area contributed by atoms with Crippen molar-refractivity contribution < 1.29 is 17.5 Å². The highest BCUT2D eigenvalue weighted by atomic mass is 32.3. The van der Waals surface area contributed by atoms with Gasteiger partial charge in [-0.25, -0.2) is 0 Å². The minimum absolute atomic E-state index is 0.549. The quantitative estimate of drug-likeness (QED) is 0.544. The van der Waals surface area contributed by atoms with E-state index in [9.17, 15) is 0 Å². The first-order valence-corrected chi connectivity index (χ1v) is 11.3. The van der Waals surface area contributed by atoms with Gasteiger partial charge in [-0.1, -0.05) is 25.0 Å². The number of piperidine rings is 2. The van der Waals surface area contributed by atoms with Crippen molar-refractivity contribution in [2.75, 3.05) is 13.1 Å². The van der Waals surface area contributed by atoms with E-state index >= 15 is 0 Å². The lowest BCUT2D eigenvalue weighted by Gasteiger charge is -2.23. The van der Waals surface area contributed by atoms with Crippen molar-refractivity contribution in [2.24, 2.45) is 0 Å². The molecule has 4 rings (SSSR count). The topological polar surface area (TPSA) is 124 Å². The molecule has 8 nitrogen and oxygen atoms in total. The lowest BCUT2D eigenvalue weighted by atomic mass is 9.99. The lowest BCUT2D eigenvalue weighted by molar-refractivity contribution is 0.381. The molecule has 0 amide bonds. The molecule has 0 spiro atoms. The maximum atomic E-state index is 8.74. The minimum atomic E-state index is -4.67. The lowest BCUT2D eigenvalue weighted by Crippen LogP contribution is -2.26. The van der Waals surface area contributed by atoms with Gasteiger partial charge in [0.2, 0.25) is 0 Å². The zero-order chi connectivity index (χ0) is 21.0. The van der Waals surface area contributed by atoms with Gasteiger partial charge in [-0.3, -0.25) is 19.1 Å². The second-order valence-electron chi connectivity index (χ2n) is 7.03. The molecular weight excluding hydrogens is 392 g/mol. The highest BCUT2D eigenvalue weighted by Gasteiger charge is 2.14. The number of pyridine rings is 2. The van der Waals surface area contributed by atoms with E-state index in [1.54, 1.807) is 0 Å². The average molecular weight is 423 g/mol. The van der Waals surface area contributed by atoms with Gasteiger partial charge >= 0.3 is 10.4 Å². The summed E-state index contributed by atoms with van der Waals surface area (Å²) in [4.78, 5) is 8.24. The first-order valence-electron chi connectivity index (χ1n) is 9.90. The Balaban J connectivity index is 0.000000170. The number of rotatable bonds is 2. The van der Waals surface area contributed by atoms with Crippen LogP contribution in [0.4, 0.5) is 0 Å². The van der Waals surface area contributed by atoms with Crippen LogP contribution >= 0.6 is 0 Å². The van der Waals surface area contributed by atoms with E-state index in [1.165, 1.54) is 49.7 Å². The molecule has 2 aliphatic heterocycles. The van der Waals surface area contributed by atoms with Gasteiger partial charge in [-0.15, -0.1) is 0 Å². The molecule has 2 fully saturated rings. The zero-order valence-electron chi connectivity index (χ0n) is 16.4. The Hall–Kier alpha value is -1.91. The summed E-state index contributed by atoms with van der Waals surface area (Å²) in [6, 6.07) is 9.41. The molecule has 0 aromatic carbocycles. The summed E-state index contributed by atoms with van der Waals surface area (Å²) < 4.78 is 31.6. The number of hydrogen-bond donors (Lipinski definition) is 4. The van der Waals surface area contributed by atoms with Crippen molar-refractivity contribution in [2.45, 2.75) is 50.6 Å². The first kappa shape index (κ1) is 23.4. The summed E-state index contributed by atoms with van der Waals surface area (Å²) in [6.07, 6.45) is 15.4. The van der Waals surface area contributed by atoms with Gasteiger partial charge in [0.15, 0.2) is 0 Å². The molecule has 4 heterocycles. The molecule has 0 radical (unpaired) electrons. The Morgan fingerprint density at radius 2 is 1.21 bits per heavy atom. The predicted molar refractivity (Wildman–Crippen MR) is 112 cm³/mol. The molecular formula is C20H30N4O4S. The molecule has 4 N–H and O–H groups in total. The Kier molecular flexibility index (Phi) is 10.2.